The summed E-state index contributed by atoms with van der Waals surface area (Å²) in [5.41, 5.74) is 0.735. The molecule has 22 heavy (non-hydrogen) atoms. The Morgan fingerprint density at radius 3 is 2.82 bits per heavy atom. The van der Waals surface area contributed by atoms with Gasteiger partial charge in [0, 0.05) is 30.9 Å². The van der Waals surface area contributed by atoms with Crippen molar-refractivity contribution in [2.45, 2.75) is 51.7 Å². The molecular formula is C17H29N3O2. The summed E-state index contributed by atoms with van der Waals surface area (Å²) in [5, 5.41) is 9.73. The molecule has 0 aromatic carbocycles. The summed E-state index contributed by atoms with van der Waals surface area (Å²) in [6.07, 6.45) is 6.35. The summed E-state index contributed by atoms with van der Waals surface area (Å²) < 4.78 is 2.04. The van der Waals surface area contributed by atoms with Crippen LogP contribution in [0, 0.1) is 0 Å². The van der Waals surface area contributed by atoms with Gasteiger partial charge in [0.15, 0.2) is 5.75 Å². The summed E-state index contributed by atoms with van der Waals surface area (Å²) in [6.45, 7) is 5.96. The van der Waals surface area contributed by atoms with Crippen LogP contribution in [0.5, 0.6) is 5.75 Å². The fourth-order valence-electron chi connectivity index (χ4n) is 3.10. The van der Waals surface area contributed by atoms with E-state index in [2.05, 4.69) is 30.8 Å². The van der Waals surface area contributed by atoms with Crippen molar-refractivity contribution in [2.75, 3.05) is 27.2 Å². The molecule has 1 fully saturated rings. The van der Waals surface area contributed by atoms with E-state index in [1.165, 1.54) is 19.3 Å². The average Bonchev–Trinajstić information content (AvgIpc) is 2.46. The molecule has 0 aliphatic carbocycles. The second kappa shape index (κ2) is 7.79. The Balaban J connectivity index is 2.13. The Morgan fingerprint density at radius 2 is 2.14 bits per heavy atom. The quantitative estimate of drug-likeness (QED) is 0.872. The van der Waals surface area contributed by atoms with Crippen molar-refractivity contribution < 1.29 is 5.11 Å². The molecule has 0 radical (unpaired) electrons. The predicted octanol–water partition coefficient (Wildman–Crippen LogP) is 1.88. The van der Waals surface area contributed by atoms with Crippen molar-refractivity contribution in [1.29, 1.82) is 0 Å². The molecule has 0 saturated carbocycles. The third-order valence-corrected chi connectivity index (χ3v) is 4.51. The van der Waals surface area contributed by atoms with Crippen LogP contribution in [0.2, 0.25) is 0 Å². The number of hydrogen-bond donors (Lipinski definition) is 1. The van der Waals surface area contributed by atoms with Crippen LogP contribution in [-0.2, 0) is 13.1 Å². The van der Waals surface area contributed by atoms with Crippen LogP contribution in [0.3, 0.4) is 0 Å². The fourth-order valence-corrected chi connectivity index (χ4v) is 3.10. The number of rotatable bonds is 6. The molecule has 1 saturated heterocycles. The van der Waals surface area contributed by atoms with Gasteiger partial charge in [0.25, 0.3) is 0 Å². The number of piperidine rings is 1. The normalized spacial score (nSPS) is 19.7. The summed E-state index contributed by atoms with van der Waals surface area (Å²) in [6, 6.07) is 2.17. The van der Waals surface area contributed by atoms with Gasteiger partial charge in [-0.2, -0.15) is 0 Å². The number of aromatic hydroxyl groups is 1. The lowest BCUT2D eigenvalue weighted by Crippen LogP contribution is -2.37. The molecule has 1 N–H and O–H groups in total. The smallest absolute Gasteiger partial charge is 0.223 e. The van der Waals surface area contributed by atoms with E-state index in [1.54, 1.807) is 12.3 Å². The third kappa shape index (κ3) is 4.58. The van der Waals surface area contributed by atoms with Gasteiger partial charge in [0.2, 0.25) is 5.43 Å². The maximum atomic E-state index is 11.8. The highest BCUT2D eigenvalue weighted by Gasteiger charge is 2.19. The molecule has 1 atom stereocenters. The van der Waals surface area contributed by atoms with Gasteiger partial charge in [-0.3, -0.25) is 9.69 Å². The van der Waals surface area contributed by atoms with Crippen LogP contribution >= 0.6 is 0 Å². The van der Waals surface area contributed by atoms with Crippen molar-refractivity contribution in [1.82, 2.24) is 14.4 Å². The standard InChI is InChI=1S/C17H29N3O2/c1-14-7-4-5-9-19(14)12-15-11-16(21)17(22)13-20(15)10-6-8-18(2)3/h11,13-14,22H,4-10,12H2,1-3H3. The summed E-state index contributed by atoms with van der Waals surface area (Å²) in [7, 11) is 4.11. The van der Waals surface area contributed by atoms with E-state index in [-0.39, 0.29) is 11.2 Å². The van der Waals surface area contributed by atoms with Crippen LogP contribution in [0.1, 0.15) is 38.3 Å². The highest BCUT2D eigenvalue weighted by atomic mass is 16.3. The minimum absolute atomic E-state index is 0.153. The molecule has 1 aliphatic rings. The molecule has 2 rings (SSSR count). The van der Waals surface area contributed by atoms with E-state index in [0.29, 0.717) is 6.04 Å². The lowest BCUT2D eigenvalue weighted by atomic mass is 10.0. The van der Waals surface area contributed by atoms with E-state index in [1.807, 2.05) is 4.57 Å². The van der Waals surface area contributed by atoms with E-state index in [9.17, 15) is 9.90 Å². The van der Waals surface area contributed by atoms with Crippen molar-refractivity contribution in [3.05, 3.63) is 28.2 Å². The molecule has 1 aliphatic heterocycles. The topological polar surface area (TPSA) is 48.7 Å². The molecule has 124 valence electrons. The zero-order valence-electron chi connectivity index (χ0n) is 14.1. The number of aromatic nitrogens is 1. The van der Waals surface area contributed by atoms with Gasteiger partial charge in [-0.05, 0) is 53.4 Å². The van der Waals surface area contributed by atoms with Crippen LogP contribution in [-0.4, -0.2) is 52.7 Å². The summed E-state index contributed by atoms with van der Waals surface area (Å²) in [4.78, 5) is 16.4. The average molecular weight is 307 g/mol. The molecule has 5 heteroatoms. The van der Waals surface area contributed by atoms with E-state index in [0.717, 1.165) is 38.3 Å². The SMILES string of the molecule is CC1CCCCN1Cc1cc(=O)c(O)cn1CCCN(C)C. The van der Waals surface area contributed by atoms with Crippen molar-refractivity contribution >= 4 is 0 Å². The molecule has 1 aromatic rings. The molecular weight excluding hydrogens is 278 g/mol. The van der Waals surface area contributed by atoms with Crippen LogP contribution in [0.4, 0.5) is 0 Å². The first kappa shape index (κ1) is 17.0. The second-order valence-corrected chi connectivity index (χ2v) is 6.68. The van der Waals surface area contributed by atoms with Gasteiger partial charge in [0.05, 0.1) is 6.20 Å². The molecule has 0 amide bonds. The first-order valence-electron chi connectivity index (χ1n) is 8.28. The highest BCUT2D eigenvalue weighted by Crippen LogP contribution is 2.19. The molecule has 1 unspecified atom stereocenters. The minimum Gasteiger partial charge on any atom is -0.503 e. The van der Waals surface area contributed by atoms with Crippen molar-refractivity contribution in [2.24, 2.45) is 0 Å². The zero-order valence-corrected chi connectivity index (χ0v) is 14.1. The van der Waals surface area contributed by atoms with Gasteiger partial charge in [-0.15, -0.1) is 0 Å². The molecule has 0 spiro atoms. The first-order chi connectivity index (χ1) is 10.5. The summed E-state index contributed by atoms with van der Waals surface area (Å²) >= 11 is 0. The van der Waals surface area contributed by atoms with Crippen LogP contribution in [0.25, 0.3) is 0 Å². The maximum absolute atomic E-state index is 11.8. The van der Waals surface area contributed by atoms with Crippen LogP contribution < -0.4 is 5.43 Å². The summed E-state index contributed by atoms with van der Waals surface area (Å²) in [5.74, 6) is -0.153. The Hall–Kier alpha value is -1.33. The third-order valence-electron chi connectivity index (χ3n) is 4.51. The Bertz CT molecular complexity index is 539. The minimum atomic E-state index is -0.275. The lowest BCUT2D eigenvalue weighted by molar-refractivity contribution is 0.148. The molecule has 1 aromatic heterocycles. The largest absolute Gasteiger partial charge is 0.503 e. The highest BCUT2D eigenvalue weighted by molar-refractivity contribution is 5.20. The molecule has 2 heterocycles. The van der Waals surface area contributed by atoms with Gasteiger partial charge in [-0.1, -0.05) is 6.42 Å². The van der Waals surface area contributed by atoms with Crippen molar-refractivity contribution in [3.63, 3.8) is 0 Å². The molecule has 0 bridgehead atoms. The van der Waals surface area contributed by atoms with E-state index < -0.39 is 0 Å². The Kier molecular flexibility index (Phi) is 6.03. The Labute approximate surface area is 133 Å². The zero-order chi connectivity index (χ0) is 16.1. The van der Waals surface area contributed by atoms with Gasteiger partial charge in [0.1, 0.15) is 0 Å². The van der Waals surface area contributed by atoms with Crippen LogP contribution in [0.15, 0.2) is 17.1 Å². The van der Waals surface area contributed by atoms with Gasteiger partial charge in [-0.25, -0.2) is 0 Å². The van der Waals surface area contributed by atoms with Gasteiger partial charge >= 0.3 is 0 Å². The lowest BCUT2D eigenvalue weighted by Gasteiger charge is -2.34. The Morgan fingerprint density at radius 1 is 1.36 bits per heavy atom. The second-order valence-electron chi connectivity index (χ2n) is 6.68. The number of pyridine rings is 1. The van der Waals surface area contributed by atoms with E-state index in [4.69, 9.17) is 0 Å². The number of aryl methyl sites for hydroxylation is 1. The number of nitrogens with zero attached hydrogens (tertiary/aromatic N) is 3. The van der Waals surface area contributed by atoms with E-state index >= 15 is 0 Å². The fraction of sp³-hybridized carbons (Fsp3) is 0.706. The number of likely N-dealkylation sites (tertiary alicyclic amines) is 1. The van der Waals surface area contributed by atoms with Crippen molar-refractivity contribution in [3.8, 4) is 5.75 Å². The monoisotopic (exact) mass is 307 g/mol. The van der Waals surface area contributed by atoms with Gasteiger partial charge < -0.3 is 14.6 Å². The maximum Gasteiger partial charge on any atom is 0.223 e. The number of hydrogen-bond acceptors (Lipinski definition) is 4. The predicted molar refractivity (Wildman–Crippen MR) is 89.3 cm³/mol. The molecule has 5 nitrogen and oxygen atoms in total. The first-order valence-corrected chi connectivity index (χ1v) is 8.28.